The molecule has 4 heteroatoms. The molecule has 0 bridgehead atoms. The minimum atomic E-state index is -1.13. The van der Waals surface area contributed by atoms with E-state index in [2.05, 4.69) is 0 Å². The molecule has 1 rings (SSSR count). The number of carboxylic acids is 1. The highest BCUT2D eigenvalue weighted by Gasteiger charge is 2.40. The largest absolute Gasteiger partial charge is 0.478 e. The van der Waals surface area contributed by atoms with Gasteiger partial charge in [-0.3, -0.25) is 0 Å². The lowest BCUT2D eigenvalue weighted by Gasteiger charge is -2.40. The summed E-state index contributed by atoms with van der Waals surface area (Å²) in [6, 6.07) is 6.14. The highest BCUT2D eigenvalue weighted by Crippen LogP contribution is 2.35. The van der Waals surface area contributed by atoms with E-state index >= 15 is 0 Å². The number of benzene rings is 1. The van der Waals surface area contributed by atoms with E-state index in [4.69, 9.17) is 4.74 Å². The Labute approximate surface area is 126 Å². The normalized spacial score (nSPS) is 11.8. The van der Waals surface area contributed by atoms with E-state index in [1.165, 1.54) is 12.1 Å². The summed E-state index contributed by atoms with van der Waals surface area (Å²) in [5.41, 5.74) is -0.521. The van der Waals surface area contributed by atoms with Crippen LogP contribution < -0.4 is 0 Å². The van der Waals surface area contributed by atoms with E-state index < -0.39 is 17.5 Å². The van der Waals surface area contributed by atoms with Crippen LogP contribution in [0.2, 0.25) is 0 Å². The fourth-order valence-corrected chi connectivity index (χ4v) is 2.87. The van der Waals surface area contributed by atoms with E-state index in [1.54, 1.807) is 12.1 Å². The average Bonchev–Trinajstić information content (AvgIpc) is 2.43. The lowest BCUT2D eigenvalue weighted by atomic mass is 9.78. The van der Waals surface area contributed by atoms with Gasteiger partial charge in [0.25, 0.3) is 0 Å². The molecule has 0 aliphatic heterocycles. The van der Waals surface area contributed by atoms with Gasteiger partial charge in [-0.25, -0.2) is 9.59 Å². The average molecular weight is 292 g/mol. The van der Waals surface area contributed by atoms with Crippen LogP contribution >= 0.6 is 0 Å². The van der Waals surface area contributed by atoms with Gasteiger partial charge in [-0.15, -0.1) is 0 Å². The first-order chi connectivity index (χ1) is 9.76. The minimum Gasteiger partial charge on any atom is -0.478 e. The lowest BCUT2D eigenvalue weighted by molar-refractivity contribution is -0.0743. The quantitative estimate of drug-likeness (QED) is 0.805. The zero-order valence-corrected chi connectivity index (χ0v) is 13.3. The van der Waals surface area contributed by atoms with Gasteiger partial charge in [0.15, 0.2) is 0 Å². The van der Waals surface area contributed by atoms with Crippen LogP contribution in [0.5, 0.6) is 0 Å². The molecule has 0 aliphatic carbocycles. The fraction of sp³-hybridized carbons (Fsp3) is 0.529. The van der Waals surface area contributed by atoms with E-state index in [-0.39, 0.29) is 23.0 Å². The predicted octanol–water partition coefficient (Wildman–Crippen LogP) is 4.00. The monoisotopic (exact) mass is 292 g/mol. The Kier molecular flexibility index (Phi) is 5.53. The van der Waals surface area contributed by atoms with Crippen LogP contribution in [-0.2, 0) is 4.74 Å². The number of hydrogen-bond donors (Lipinski definition) is 1. The molecule has 0 fully saturated rings. The number of ether oxygens (including phenoxy) is 1. The first kappa shape index (κ1) is 17.2. The van der Waals surface area contributed by atoms with Crippen molar-refractivity contribution in [3.63, 3.8) is 0 Å². The van der Waals surface area contributed by atoms with E-state index in [0.717, 1.165) is 0 Å². The smallest absolute Gasteiger partial charge is 0.339 e. The fourth-order valence-electron chi connectivity index (χ4n) is 2.87. The molecule has 1 aromatic rings. The summed E-state index contributed by atoms with van der Waals surface area (Å²) in [7, 11) is 0. The lowest BCUT2D eigenvalue weighted by Crippen LogP contribution is -2.45. The summed E-state index contributed by atoms with van der Waals surface area (Å²) >= 11 is 0. The van der Waals surface area contributed by atoms with Gasteiger partial charge in [-0.2, -0.15) is 0 Å². The van der Waals surface area contributed by atoms with Crippen LogP contribution in [-0.4, -0.2) is 22.6 Å². The Morgan fingerprint density at radius 1 is 1.10 bits per heavy atom. The topological polar surface area (TPSA) is 63.6 Å². The van der Waals surface area contributed by atoms with Crippen LogP contribution in [0.3, 0.4) is 0 Å². The second-order valence-electron chi connectivity index (χ2n) is 5.86. The van der Waals surface area contributed by atoms with Crippen LogP contribution in [0, 0.1) is 11.8 Å². The number of esters is 1. The summed E-state index contributed by atoms with van der Waals surface area (Å²) in [4.78, 5) is 23.7. The van der Waals surface area contributed by atoms with Gasteiger partial charge in [-0.05, 0) is 30.4 Å². The molecule has 1 N–H and O–H groups in total. The number of carbonyl (C=O) groups is 2. The third-order valence-electron chi connectivity index (χ3n) is 4.17. The van der Waals surface area contributed by atoms with Crippen molar-refractivity contribution in [1.82, 2.24) is 0 Å². The molecule has 21 heavy (non-hydrogen) atoms. The molecule has 116 valence electrons. The zero-order chi connectivity index (χ0) is 16.2. The van der Waals surface area contributed by atoms with E-state index in [9.17, 15) is 14.7 Å². The first-order valence-corrected chi connectivity index (χ1v) is 7.31. The number of hydrogen-bond acceptors (Lipinski definition) is 3. The van der Waals surface area contributed by atoms with Crippen molar-refractivity contribution in [2.45, 2.75) is 46.6 Å². The van der Waals surface area contributed by atoms with Gasteiger partial charge in [0.05, 0.1) is 11.1 Å². The molecule has 4 nitrogen and oxygen atoms in total. The molecule has 0 radical (unpaired) electrons. The molecule has 0 heterocycles. The Morgan fingerprint density at radius 3 is 1.95 bits per heavy atom. The summed E-state index contributed by atoms with van der Waals surface area (Å²) in [6.07, 6.45) is 0.684. The second-order valence-corrected chi connectivity index (χ2v) is 5.86. The van der Waals surface area contributed by atoms with Gasteiger partial charge < -0.3 is 9.84 Å². The third-order valence-corrected chi connectivity index (χ3v) is 4.17. The third kappa shape index (κ3) is 3.43. The van der Waals surface area contributed by atoms with Gasteiger partial charge in [0.2, 0.25) is 0 Å². The molecule has 0 unspecified atom stereocenters. The highest BCUT2D eigenvalue weighted by atomic mass is 16.6. The Hall–Kier alpha value is -1.84. The maximum Gasteiger partial charge on any atom is 0.339 e. The number of carbonyl (C=O) groups excluding carboxylic acids is 1. The molecular weight excluding hydrogens is 268 g/mol. The maximum atomic E-state index is 12.5. The van der Waals surface area contributed by atoms with E-state index in [0.29, 0.717) is 6.42 Å². The molecule has 0 saturated heterocycles. The Bertz CT molecular complexity index is 509. The highest BCUT2D eigenvalue weighted by molar-refractivity contribution is 6.02. The maximum absolute atomic E-state index is 12.5. The van der Waals surface area contributed by atoms with E-state index in [1.807, 2.05) is 34.6 Å². The van der Waals surface area contributed by atoms with Crippen LogP contribution in [0.1, 0.15) is 61.8 Å². The van der Waals surface area contributed by atoms with Gasteiger partial charge in [-0.1, -0.05) is 46.8 Å². The van der Waals surface area contributed by atoms with Crippen molar-refractivity contribution >= 4 is 11.9 Å². The van der Waals surface area contributed by atoms with Crippen molar-refractivity contribution in [2.75, 3.05) is 0 Å². The van der Waals surface area contributed by atoms with Gasteiger partial charge in [0, 0.05) is 0 Å². The standard InChI is InChI=1S/C17H24O4/c1-6-17(11(2)3,12(4)5)21-16(20)14-10-8-7-9-13(14)15(18)19/h7-12H,6H2,1-5H3,(H,18,19). The molecule has 0 atom stereocenters. The molecule has 0 saturated carbocycles. The minimum absolute atomic E-state index is 0.0278. The summed E-state index contributed by atoms with van der Waals surface area (Å²) in [5.74, 6) is -1.41. The van der Waals surface area contributed by atoms with Crippen molar-refractivity contribution in [2.24, 2.45) is 11.8 Å². The Balaban J connectivity index is 3.18. The number of aromatic carboxylic acids is 1. The number of carboxylic acid groups (broad SMARTS) is 1. The molecule has 0 aliphatic rings. The summed E-state index contributed by atoms with van der Waals surface area (Å²) < 4.78 is 5.78. The number of rotatable bonds is 6. The molecule has 1 aromatic carbocycles. The van der Waals surface area contributed by atoms with Crippen LogP contribution in [0.25, 0.3) is 0 Å². The van der Waals surface area contributed by atoms with Crippen molar-refractivity contribution in [3.05, 3.63) is 35.4 Å². The first-order valence-electron chi connectivity index (χ1n) is 7.31. The second kappa shape index (κ2) is 6.74. The van der Waals surface area contributed by atoms with Crippen LogP contribution in [0.15, 0.2) is 24.3 Å². The van der Waals surface area contributed by atoms with Crippen molar-refractivity contribution < 1.29 is 19.4 Å². The predicted molar refractivity (Wildman–Crippen MR) is 81.5 cm³/mol. The molecule has 0 spiro atoms. The zero-order valence-electron chi connectivity index (χ0n) is 13.3. The van der Waals surface area contributed by atoms with Gasteiger partial charge >= 0.3 is 11.9 Å². The molecule has 0 amide bonds. The SMILES string of the molecule is CCC(OC(=O)c1ccccc1C(=O)O)(C(C)C)C(C)C. The summed E-state index contributed by atoms with van der Waals surface area (Å²) in [5, 5.41) is 9.18. The van der Waals surface area contributed by atoms with Crippen molar-refractivity contribution in [3.8, 4) is 0 Å². The Morgan fingerprint density at radius 2 is 1.57 bits per heavy atom. The van der Waals surface area contributed by atoms with Crippen molar-refractivity contribution in [1.29, 1.82) is 0 Å². The molecule has 0 aromatic heterocycles. The van der Waals surface area contributed by atoms with Crippen LogP contribution in [0.4, 0.5) is 0 Å². The molecular formula is C17H24O4. The van der Waals surface area contributed by atoms with Gasteiger partial charge in [0.1, 0.15) is 5.60 Å². The summed E-state index contributed by atoms with van der Waals surface area (Å²) in [6.45, 7) is 10.0.